The Balaban J connectivity index is 2.25. The number of hydrogen-bond donors (Lipinski definition) is 2. The Morgan fingerprint density at radius 1 is 1.39 bits per heavy atom. The molecule has 0 radical (unpaired) electrons. The number of halogens is 2. The van der Waals surface area contributed by atoms with Gasteiger partial charge in [-0.25, -0.2) is 13.8 Å². The second kappa shape index (κ2) is 5.48. The maximum atomic E-state index is 13.8. The van der Waals surface area contributed by atoms with Crippen molar-refractivity contribution in [3.8, 4) is 0 Å². The molecule has 2 rings (SSSR count). The summed E-state index contributed by atoms with van der Waals surface area (Å²) in [6, 6.07) is 0.978. The van der Waals surface area contributed by atoms with Crippen molar-refractivity contribution in [1.29, 1.82) is 0 Å². The van der Waals surface area contributed by atoms with E-state index in [4.69, 9.17) is 10.8 Å². The molecule has 0 atom stereocenters. The Morgan fingerprint density at radius 3 is 2.67 bits per heavy atom. The van der Waals surface area contributed by atoms with Crippen LogP contribution in [-0.2, 0) is 0 Å². The van der Waals surface area contributed by atoms with Crippen LogP contribution in [0.2, 0.25) is 0 Å². The fourth-order valence-electron chi connectivity index (χ4n) is 2.07. The molecule has 0 spiro atoms. The van der Waals surface area contributed by atoms with E-state index in [1.807, 2.05) is 0 Å². The third-order valence-corrected chi connectivity index (χ3v) is 3.28. The number of anilines is 2. The first-order chi connectivity index (χ1) is 8.63. The third kappa shape index (κ3) is 2.53. The van der Waals surface area contributed by atoms with Crippen LogP contribution in [0.3, 0.4) is 0 Å². The lowest BCUT2D eigenvalue weighted by Crippen LogP contribution is -2.42. The van der Waals surface area contributed by atoms with Crippen LogP contribution in [0.1, 0.15) is 25.7 Å². The molecule has 100 valence electrons. The molecule has 1 fully saturated rings. The lowest BCUT2D eigenvalue weighted by Gasteiger charge is -2.38. The number of aromatic nitrogens is 1. The molecular formula is C12H17F2N3O. The molecule has 1 aliphatic carbocycles. The van der Waals surface area contributed by atoms with Gasteiger partial charge in [-0.3, -0.25) is 0 Å². The lowest BCUT2D eigenvalue weighted by molar-refractivity contribution is 0.282. The number of nitrogens with zero attached hydrogens (tertiary/aromatic N) is 2. The molecule has 1 aromatic rings. The van der Waals surface area contributed by atoms with E-state index >= 15 is 0 Å². The minimum Gasteiger partial charge on any atom is -0.396 e. The summed E-state index contributed by atoms with van der Waals surface area (Å²) in [5, 5.41) is 8.88. The van der Waals surface area contributed by atoms with E-state index < -0.39 is 11.6 Å². The van der Waals surface area contributed by atoms with Crippen LogP contribution < -0.4 is 10.6 Å². The number of hydrogen-bond acceptors (Lipinski definition) is 4. The standard InChI is InChI=1S/C12H17F2N3O/c13-9-7-10(14)12(16-11(9)15)17(5-2-6-18)8-3-1-4-8/h7-8,18H,1-6H2,(H2,15,16). The zero-order chi connectivity index (χ0) is 13.1. The first kappa shape index (κ1) is 13.0. The van der Waals surface area contributed by atoms with Crippen molar-refractivity contribution < 1.29 is 13.9 Å². The molecule has 1 aromatic heterocycles. The summed E-state index contributed by atoms with van der Waals surface area (Å²) in [7, 11) is 0. The molecule has 3 N–H and O–H groups in total. The number of nitrogen functional groups attached to an aromatic ring is 1. The predicted molar refractivity (Wildman–Crippen MR) is 65.3 cm³/mol. The monoisotopic (exact) mass is 257 g/mol. The van der Waals surface area contributed by atoms with Crippen LogP contribution in [0.5, 0.6) is 0 Å². The molecule has 0 unspecified atom stereocenters. The van der Waals surface area contributed by atoms with Crippen molar-refractivity contribution >= 4 is 11.6 Å². The van der Waals surface area contributed by atoms with Gasteiger partial charge in [-0.2, -0.15) is 0 Å². The molecule has 0 bridgehead atoms. The number of pyridine rings is 1. The lowest BCUT2D eigenvalue weighted by atomic mass is 9.91. The van der Waals surface area contributed by atoms with Gasteiger partial charge in [0.2, 0.25) is 0 Å². The van der Waals surface area contributed by atoms with Crippen LogP contribution in [0.4, 0.5) is 20.4 Å². The summed E-state index contributed by atoms with van der Waals surface area (Å²) in [5.74, 6) is -1.75. The zero-order valence-electron chi connectivity index (χ0n) is 10.1. The molecule has 0 saturated heterocycles. The van der Waals surface area contributed by atoms with E-state index in [0.717, 1.165) is 25.3 Å². The Bertz CT molecular complexity index is 424. The van der Waals surface area contributed by atoms with E-state index in [0.29, 0.717) is 13.0 Å². The van der Waals surface area contributed by atoms with Crippen molar-refractivity contribution in [1.82, 2.24) is 4.98 Å². The molecule has 1 saturated carbocycles. The molecule has 4 nitrogen and oxygen atoms in total. The Hall–Kier alpha value is -1.43. The second-order valence-corrected chi connectivity index (χ2v) is 4.52. The third-order valence-electron chi connectivity index (χ3n) is 3.28. The van der Waals surface area contributed by atoms with Gasteiger partial charge in [-0.15, -0.1) is 0 Å². The highest BCUT2D eigenvalue weighted by Crippen LogP contribution is 2.31. The fraction of sp³-hybridized carbons (Fsp3) is 0.583. The predicted octanol–water partition coefficient (Wildman–Crippen LogP) is 1.68. The van der Waals surface area contributed by atoms with Crippen molar-refractivity contribution in [2.45, 2.75) is 31.7 Å². The Kier molecular flexibility index (Phi) is 3.96. The highest BCUT2D eigenvalue weighted by atomic mass is 19.1. The largest absolute Gasteiger partial charge is 0.396 e. The van der Waals surface area contributed by atoms with Crippen LogP contribution >= 0.6 is 0 Å². The van der Waals surface area contributed by atoms with Gasteiger partial charge >= 0.3 is 0 Å². The van der Waals surface area contributed by atoms with Gasteiger partial charge in [0.25, 0.3) is 0 Å². The summed E-state index contributed by atoms with van der Waals surface area (Å²) in [5.41, 5.74) is 5.39. The first-order valence-electron chi connectivity index (χ1n) is 6.12. The number of rotatable bonds is 5. The SMILES string of the molecule is Nc1nc(N(CCCO)C2CCC2)c(F)cc1F. The van der Waals surface area contributed by atoms with E-state index in [2.05, 4.69) is 4.98 Å². The fourth-order valence-corrected chi connectivity index (χ4v) is 2.07. The summed E-state index contributed by atoms with van der Waals surface area (Å²) in [4.78, 5) is 5.58. The average molecular weight is 257 g/mol. The van der Waals surface area contributed by atoms with Crippen molar-refractivity contribution in [3.63, 3.8) is 0 Å². The molecular weight excluding hydrogens is 240 g/mol. The van der Waals surface area contributed by atoms with E-state index in [9.17, 15) is 8.78 Å². The van der Waals surface area contributed by atoms with Gasteiger partial charge in [0.15, 0.2) is 23.3 Å². The molecule has 18 heavy (non-hydrogen) atoms. The van der Waals surface area contributed by atoms with Crippen LogP contribution in [0, 0.1) is 11.6 Å². The molecule has 1 aliphatic rings. The van der Waals surface area contributed by atoms with Gasteiger partial charge in [0, 0.05) is 25.3 Å². The van der Waals surface area contributed by atoms with Gasteiger partial charge in [0.1, 0.15) is 0 Å². The van der Waals surface area contributed by atoms with Crippen molar-refractivity contribution in [2.24, 2.45) is 0 Å². The highest BCUT2D eigenvalue weighted by molar-refractivity contribution is 5.48. The van der Waals surface area contributed by atoms with Crippen LogP contribution in [-0.4, -0.2) is 29.3 Å². The molecule has 0 aliphatic heterocycles. The summed E-state index contributed by atoms with van der Waals surface area (Å²) < 4.78 is 26.9. The second-order valence-electron chi connectivity index (χ2n) is 4.52. The van der Waals surface area contributed by atoms with Crippen LogP contribution in [0.15, 0.2) is 6.07 Å². The minimum atomic E-state index is -0.841. The van der Waals surface area contributed by atoms with Gasteiger partial charge < -0.3 is 15.7 Å². The van der Waals surface area contributed by atoms with E-state index in [1.54, 1.807) is 4.90 Å². The minimum absolute atomic E-state index is 0.0293. The normalized spacial score (nSPS) is 15.5. The molecule has 0 amide bonds. The molecule has 6 heteroatoms. The zero-order valence-corrected chi connectivity index (χ0v) is 10.1. The summed E-state index contributed by atoms with van der Waals surface area (Å²) in [6.45, 7) is 0.525. The van der Waals surface area contributed by atoms with E-state index in [1.165, 1.54) is 0 Å². The van der Waals surface area contributed by atoms with Crippen molar-refractivity contribution in [2.75, 3.05) is 23.8 Å². The number of aliphatic hydroxyl groups is 1. The van der Waals surface area contributed by atoms with Crippen molar-refractivity contribution in [3.05, 3.63) is 17.7 Å². The van der Waals surface area contributed by atoms with Crippen LogP contribution in [0.25, 0.3) is 0 Å². The van der Waals surface area contributed by atoms with Gasteiger partial charge in [-0.1, -0.05) is 0 Å². The summed E-state index contributed by atoms with van der Waals surface area (Å²) in [6.07, 6.45) is 3.54. The van der Waals surface area contributed by atoms with Gasteiger partial charge in [0.05, 0.1) is 0 Å². The Morgan fingerprint density at radius 2 is 2.11 bits per heavy atom. The summed E-state index contributed by atoms with van der Waals surface area (Å²) >= 11 is 0. The number of nitrogens with two attached hydrogens (primary N) is 1. The molecule has 1 heterocycles. The topological polar surface area (TPSA) is 62.4 Å². The smallest absolute Gasteiger partial charge is 0.168 e. The van der Waals surface area contributed by atoms with E-state index in [-0.39, 0.29) is 24.3 Å². The molecule has 0 aromatic carbocycles. The first-order valence-corrected chi connectivity index (χ1v) is 6.12. The highest BCUT2D eigenvalue weighted by Gasteiger charge is 2.28. The Labute approximate surface area is 104 Å². The average Bonchev–Trinajstić information content (AvgIpc) is 2.27. The maximum Gasteiger partial charge on any atom is 0.168 e. The number of aliphatic hydroxyl groups excluding tert-OH is 1. The quantitative estimate of drug-likeness (QED) is 0.842. The maximum absolute atomic E-state index is 13.8. The van der Waals surface area contributed by atoms with Gasteiger partial charge in [-0.05, 0) is 25.7 Å².